The number of carboxylic acids is 1. The van der Waals surface area contributed by atoms with Gasteiger partial charge in [0.25, 0.3) is 5.91 Å². The second-order valence-corrected chi connectivity index (χ2v) is 6.62. The number of rotatable bonds is 6. The molecule has 1 aliphatic rings. The first-order valence-corrected chi connectivity index (χ1v) is 9.27. The van der Waals surface area contributed by atoms with E-state index in [1.807, 2.05) is 48.5 Å². The van der Waals surface area contributed by atoms with E-state index in [4.69, 9.17) is 4.74 Å². The number of hydrogen-bond acceptors (Lipinski definition) is 5. The van der Waals surface area contributed by atoms with Gasteiger partial charge in [0.05, 0.1) is 0 Å². The van der Waals surface area contributed by atoms with E-state index in [1.54, 1.807) is 0 Å². The summed E-state index contributed by atoms with van der Waals surface area (Å²) in [6.45, 7) is 3.30. The van der Waals surface area contributed by atoms with Gasteiger partial charge in [-0.25, -0.2) is 14.5 Å². The Morgan fingerprint density at radius 2 is 1.64 bits per heavy atom. The second-order valence-electron chi connectivity index (χ2n) is 6.25. The third-order valence-electron chi connectivity index (χ3n) is 4.71. The van der Waals surface area contributed by atoms with Gasteiger partial charge >= 0.3 is 12.1 Å². The fourth-order valence-electron chi connectivity index (χ4n) is 3.40. The van der Waals surface area contributed by atoms with Crippen LogP contribution in [0.4, 0.5) is 4.79 Å². The molecule has 1 N–H and O–H groups in total. The smallest absolute Gasteiger partial charge is 0.417 e. The number of carboxylic acid groups (broad SMARTS) is 1. The zero-order valence-electron chi connectivity index (χ0n) is 14.9. The van der Waals surface area contributed by atoms with E-state index in [2.05, 4.69) is 19.2 Å². The van der Waals surface area contributed by atoms with Gasteiger partial charge in [0, 0.05) is 11.7 Å². The molecular weight excluding hydrogens is 378 g/mol. The van der Waals surface area contributed by atoms with E-state index in [0.29, 0.717) is 4.90 Å². The van der Waals surface area contributed by atoms with Gasteiger partial charge in [0.2, 0.25) is 0 Å². The molecule has 0 fully saturated rings. The number of nitrogens with zero attached hydrogens (tertiary/aromatic N) is 1. The number of hydrogen-bond donors (Lipinski definition) is 2. The Labute approximate surface area is 167 Å². The van der Waals surface area contributed by atoms with Crippen molar-refractivity contribution in [2.45, 2.75) is 12.0 Å². The first-order valence-electron chi connectivity index (χ1n) is 8.63. The molecule has 1 aliphatic carbocycles. The summed E-state index contributed by atoms with van der Waals surface area (Å²) in [5.41, 5.74) is 4.16. The van der Waals surface area contributed by atoms with Crippen LogP contribution in [0.25, 0.3) is 11.1 Å². The van der Waals surface area contributed by atoms with Gasteiger partial charge in [-0.3, -0.25) is 4.79 Å². The van der Waals surface area contributed by atoms with Gasteiger partial charge in [-0.15, -0.1) is 0 Å². The van der Waals surface area contributed by atoms with Gasteiger partial charge in [-0.1, -0.05) is 55.1 Å². The van der Waals surface area contributed by atoms with Crippen LogP contribution < -0.4 is 0 Å². The molecule has 2 aromatic carbocycles. The fraction of sp³-hybridized carbons (Fsp3) is 0.190. The lowest BCUT2D eigenvalue weighted by Crippen LogP contribution is -2.49. The average Bonchev–Trinajstić information content (AvgIpc) is 3.03. The summed E-state index contributed by atoms with van der Waals surface area (Å²) >= 11 is 3.94. The maximum atomic E-state index is 12.6. The highest BCUT2D eigenvalue weighted by molar-refractivity contribution is 7.80. The summed E-state index contributed by atoms with van der Waals surface area (Å²) in [7, 11) is 0. The number of carbonyl (C=O) groups is 3. The summed E-state index contributed by atoms with van der Waals surface area (Å²) in [6, 6.07) is 14.2. The van der Waals surface area contributed by atoms with E-state index in [0.717, 1.165) is 28.3 Å². The number of thiol groups is 1. The molecule has 3 rings (SSSR count). The largest absolute Gasteiger partial charge is 0.480 e. The van der Waals surface area contributed by atoms with E-state index in [-0.39, 0.29) is 18.3 Å². The molecule has 2 amide bonds. The van der Waals surface area contributed by atoms with Crippen molar-refractivity contribution in [1.82, 2.24) is 4.90 Å². The highest BCUT2D eigenvalue weighted by atomic mass is 32.1. The van der Waals surface area contributed by atoms with Crippen molar-refractivity contribution in [1.29, 1.82) is 0 Å². The predicted molar refractivity (Wildman–Crippen MR) is 107 cm³/mol. The second kappa shape index (κ2) is 8.31. The molecule has 0 saturated heterocycles. The van der Waals surface area contributed by atoms with Crippen LogP contribution >= 0.6 is 12.6 Å². The molecule has 0 heterocycles. The van der Waals surface area contributed by atoms with E-state index < -0.39 is 24.0 Å². The van der Waals surface area contributed by atoms with Crippen molar-refractivity contribution < 1.29 is 24.2 Å². The molecule has 1 atom stereocenters. The maximum absolute atomic E-state index is 12.6. The van der Waals surface area contributed by atoms with Crippen LogP contribution in [-0.2, 0) is 14.3 Å². The monoisotopic (exact) mass is 397 g/mol. The molecule has 1 unspecified atom stereocenters. The lowest BCUT2D eigenvalue weighted by atomic mass is 9.98. The van der Waals surface area contributed by atoms with E-state index in [9.17, 15) is 19.5 Å². The minimum absolute atomic E-state index is 0.0211. The minimum atomic E-state index is -1.44. The molecule has 0 radical (unpaired) electrons. The Hall–Kier alpha value is -3.06. The van der Waals surface area contributed by atoms with Gasteiger partial charge in [-0.2, -0.15) is 12.6 Å². The van der Waals surface area contributed by atoms with Crippen LogP contribution in [0.1, 0.15) is 17.0 Å². The van der Waals surface area contributed by atoms with Crippen LogP contribution in [-0.4, -0.2) is 46.4 Å². The lowest BCUT2D eigenvalue weighted by Gasteiger charge is -2.25. The van der Waals surface area contributed by atoms with Crippen molar-refractivity contribution in [3.63, 3.8) is 0 Å². The predicted octanol–water partition coefficient (Wildman–Crippen LogP) is 3.33. The van der Waals surface area contributed by atoms with Crippen LogP contribution in [0.2, 0.25) is 0 Å². The number of amides is 2. The van der Waals surface area contributed by atoms with E-state index >= 15 is 0 Å². The molecule has 28 heavy (non-hydrogen) atoms. The first-order chi connectivity index (χ1) is 13.5. The molecular formula is C21H19NO5S. The van der Waals surface area contributed by atoms with Gasteiger partial charge in [0.1, 0.15) is 12.6 Å². The molecule has 2 aromatic rings. The summed E-state index contributed by atoms with van der Waals surface area (Å²) in [4.78, 5) is 36.6. The van der Waals surface area contributed by atoms with Crippen LogP contribution in [0.5, 0.6) is 0 Å². The normalized spacial score (nSPS) is 13.2. The summed E-state index contributed by atoms with van der Waals surface area (Å²) in [5, 5.41) is 9.29. The van der Waals surface area contributed by atoms with Gasteiger partial charge in [-0.05, 0) is 28.3 Å². The number of benzene rings is 2. The minimum Gasteiger partial charge on any atom is -0.480 e. The highest BCUT2D eigenvalue weighted by Crippen LogP contribution is 2.44. The zero-order valence-corrected chi connectivity index (χ0v) is 15.8. The third kappa shape index (κ3) is 3.53. The topological polar surface area (TPSA) is 83.9 Å². The highest BCUT2D eigenvalue weighted by Gasteiger charge is 2.35. The van der Waals surface area contributed by atoms with Crippen LogP contribution in [0.3, 0.4) is 0 Å². The lowest BCUT2D eigenvalue weighted by molar-refractivity contribution is -0.146. The van der Waals surface area contributed by atoms with Crippen molar-refractivity contribution in [3.8, 4) is 11.1 Å². The molecule has 0 bridgehead atoms. The van der Waals surface area contributed by atoms with Crippen molar-refractivity contribution >= 4 is 30.6 Å². The molecule has 7 heteroatoms. The number of fused-ring (bicyclic) bond motifs is 3. The number of aliphatic carboxylic acids is 1. The van der Waals surface area contributed by atoms with Crippen LogP contribution in [0.15, 0.2) is 61.2 Å². The summed E-state index contributed by atoms with van der Waals surface area (Å²) in [6.07, 6.45) is -0.158. The molecule has 6 nitrogen and oxygen atoms in total. The number of ether oxygens (including phenoxy) is 1. The SMILES string of the molecule is C=CC(=O)N(C(=O)OCC1c2ccccc2-c2ccccc21)C(CS)C(=O)O. The number of carbonyl (C=O) groups excluding carboxylic acids is 2. The Kier molecular flexibility index (Phi) is 5.84. The maximum Gasteiger partial charge on any atom is 0.417 e. The molecule has 0 spiro atoms. The van der Waals surface area contributed by atoms with Gasteiger partial charge < -0.3 is 9.84 Å². The molecule has 0 saturated carbocycles. The number of imide groups is 1. The van der Waals surface area contributed by atoms with Crippen molar-refractivity contribution in [2.75, 3.05) is 12.4 Å². The first kappa shape index (κ1) is 19.7. The Morgan fingerprint density at radius 3 is 2.11 bits per heavy atom. The quantitative estimate of drug-likeness (QED) is 0.577. The standard InChI is InChI=1S/C21H19NO5S/c1-2-19(23)22(18(12-28)20(24)25)21(26)27-11-17-15-9-5-3-7-13(15)14-8-4-6-10-16(14)17/h2-10,17-18,28H,1,11-12H2,(H,24,25). The average molecular weight is 397 g/mol. The van der Waals surface area contributed by atoms with Crippen molar-refractivity contribution in [3.05, 3.63) is 72.3 Å². The van der Waals surface area contributed by atoms with Gasteiger partial charge in [0.15, 0.2) is 0 Å². The Morgan fingerprint density at radius 1 is 1.11 bits per heavy atom. The third-order valence-corrected chi connectivity index (χ3v) is 5.06. The summed E-state index contributed by atoms with van der Waals surface area (Å²) < 4.78 is 5.38. The van der Waals surface area contributed by atoms with E-state index in [1.165, 1.54) is 0 Å². The Balaban J connectivity index is 1.84. The fourth-order valence-corrected chi connectivity index (χ4v) is 3.72. The molecule has 0 aromatic heterocycles. The van der Waals surface area contributed by atoms with Crippen LogP contribution in [0, 0.1) is 0 Å². The Bertz CT molecular complexity index is 896. The molecule has 0 aliphatic heterocycles. The zero-order chi connectivity index (χ0) is 20.3. The van der Waals surface area contributed by atoms with Crippen molar-refractivity contribution in [2.24, 2.45) is 0 Å². The molecule has 144 valence electrons. The summed E-state index contributed by atoms with van der Waals surface area (Å²) in [5.74, 6) is -2.63.